The molecule has 1 aromatic rings. The van der Waals surface area contributed by atoms with Gasteiger partial charge in [0.2, 0.25) is 11.8 Å². The van der Waals surface area contributed by atoms with Gasteiger partial charge >= 0.3 is 0 Å². The SMILES string of the molecule is CCCCC(=O)N1CC[C@@]2(C1)C(=O)N(C)c1ccc(OC)cc12. The van der Waals surface area contributed by atoms with Gasteiger partial charge in [-0.3, -0.25) is 9.59 Å². The Labute approximate surface area is 137 Å². The van der Waals surface area contributed by atoms with E-state index < -0.39 is 5.41 Å². The molecule has 0 N–H and O–H groups in total. The highest BCUT2D eigenvalue weighted by molar-refractivity contribution is 6.08. The first-order valence-corrected chi connectivity index (χ1v) is 8.28. The van der Waals surface area contributed by atoms with Crippen LogP contribution in [0.1, 0.15) is 38.2 Å². The minimum atomic E-state index is -0.597. The van der Waals surface area contributed by atoms with Gasteiger partial charge in [0.25, 0.3) is 0 Å². The topological polar surface area (TPSA) is 49.9 Å². The first kappa shape index (κ1) is 15.8. The summed E-state index contributed by atoms with van der Waals surface area (Å²) in [7, 11) is 3.44. The Morgan fingerprint density at radius 3 is 2.87 bits per heavy atom. The number of methoxy groups -OCH3 is 1. The van der Waals surface area contributed by atoms with Crippen LogP contribution in [0.25, 0.3) is 0 Å². The van der Waals surface area contributed by atoms with Crippen LogP contribution < -0.4 is 9.64 Å². The Balaban J connectivity index is 1.91. The number of ether oxygens (including phenoxy) is 1. The van der Waals surface area contributed by atoms with Crippen molar-refractivity contribution < 1.29 is 14.3 Å². The van der Waals surface area contributed by atoms with Crippen molar-refractivity contribution in [1.29, 1.82) is 0 Å². The van der Waals surface area contributed by atoms with Crippen molar-refractivity contribution in [3.05, 3.63) is 23.8 Å². The van der Waals surface area contributed by atoms with E-state index >= 15 is 0 Å². The van der Waals surface area contributed by atoms with Crippen LogP contribution in [-0.4, -0.2) is 44.0 Å². The molecule has 5 nitrogen and oxygen atoms in total. The van der Waals surface area contributed by atoms with Crippen LogP contribution in [0.4, 0.5) is 5.69 Å². The Bertz CT molecular complexity index is 643. The molecule has 0 unspecified atom stereocenters. The van der Waals surface area contributed by atoms with E-state index in [0.29, 0.717) is 25.9 Å². The molecule has 3 rings (SSSR count). The number of unbranched alkanes of at least 4 members (excludes halogenated alkanes) is 1. The molecule has 1 aromatic carbocycles. The van der Waals surface area contributed by atoms with E-state index in [2.05, 4.69) is 6.92 Å². The number of carbonyl (C=O) groups is 2. The van der Waals surface area contributed by atoms with E-state index in [1.165, 1.54) is 0 Å². The van der Waals surface area contributed by atoms with Gasteiger partial charge < -0.3 is 14.5 Å². The van der Waals surface area contributed by atoms with Crippen LogP contribution in [0.2, 0.25) is 0 Å². The molecular formula is C18H24N2O3. The van der Waals surface area contributed by atoms with Crippen LogP contribution in [0, 0.1) is 0 Å². The molecule has 0 radical (unpaired) electrons. The number of hydrogen-bond acceptors (Lipinski definition) is 3. The summed E-state index contributed by atoms with van der Waals surface area (Å²) < 4.78 is 5.33. The number of rotatable bonds is 4. The summed E-state index contributed by atoms with van der Waals surface area (Å²) in [5.41, 5.74) is 1.33. The fourth-order valence-corrected chi connectivity index (χ4v) is 3.77. The van der Waals surface area contributed by atoms with E-state index in [1.807, 2.05) is 30.1 Å². The number of benzene rings is 1. The zero-order valence-electron chi connectivity index (χ0n) is 14.1. The van der Waals surface area contributed by atoms with Gasteiger partial charge in [-0.2, -0.15) is 0 Å². The average molecular weight is 316 g/mol. The largest absolute Gasteiger partial charge is 0.497 e. The van der Waals surface area contributed by atoms with Gasteiger partial charge in [0.05, 0.1) is 12.5 Å². The summed E-state index contributed by atoms with van der Waals surface area (Å²) in [6.45, 7) is 3.22. The van der Waals surface area contributed by atoms with Crippen LogP contribution in [0.5, 0.6) is 5.75 Å². The third-order valence-electron chi connectivity index (χ3n) is 5.16. The normalized spacial score (nSPS) is 22.8. The van der Waals surface area contributed by atoms with Crippen LogP contribution in [0.15, 0.2) is 18.2 Å². The summed E-state index contributed by atoms with van der Waals surface area (Å²) in [5.74, 6) is 1.00. The Morgan fingerprint density at radius 2 is 2.17 bits per heavy atom. The monoisotopic (exact) mass is 316 g/mol. The molecule has 2 aliphatic rings. The highest BCUT2D eigenvalue weighted by Gasteiger charge is 2.54. The average Bonchev–Trinajstić information content (AvgIpc) is 3.11. The molecule has 1 saturated heterocycles. The molecule has 0 aliphatic carbocycles. The van der Waals surface area contributed by atoms with Gasteiger partial charge in [-0.25, -0.2) is 0 Å². The first-order valence-electron chi connectivity index (χ1n) is 8.28. The minimum absolute atomic E-state index is 0.0894. The highest BCUT2D eigenvalue weighted by atomic mass is 16.5. The molecule has 1 spiro atoms. The molecule has 2 aliphatic heterocycles. The van der Waals surface area contributed by atoms with Gasteiger partial charge in [-0.1, -0.05) is 13.3 Å². The third kappa shape index (κ3) is 2.38. The van der Waals surface area contributed by atoms with Crippen LogP contribution in [-0.2, 0) is 15.0 Å². The van der Waals surface area contributed by atoms with Crippen molar-refractivity contribution >= 4 is 17.5 Å². The van der Waals surface area contributed by atoms with Crippen molar-refractivity contribution in [2.75, 3.05) is 32.1 Å². The van der Waals surface area contributed by atoms with Gasteiger partial charge in [-0.05, 0) is 36.6 Å². The van der Waals surface area contributed by atoms with Crippen molar-refractivity contribution in [3.63, 3.8) is 0 Å². The lowest BCUT2D eigenvalue weighted by atomic mass is 9.81. The second-order valence-corrected chi connectivity index (χ2v) is 6.50. The van der Waals surface area contributed by atoms with Gasteiger partial charge in [0.15, 0.2) is 0 Å². The summed E-state index contributed by atoms with van der Waals surface area (Å²) in [5, 5.41) is 0. The standard InChI is InChI=1S/C18H24N2O3/c1-4-5-6-16(21)20-10-9-18(12-20)14-11-13(23-3)7-8-15(14)19(2)17(18)22/h7-8,11H,4-6,9-10,12H2,1-3H3/t18-/m0/s1. The number of carbonyl (C=O) groups excluding carboxylic acids is 2. The molecular weight excluding hydrogens is 292 g/mol. The van der Waals surface area contributed by atoms with E-state index in [4.69, 9.17) is 4.74 Å². The molecule has 1 fully saturated rings. The Morgan fingerprint density at radius 1 is 1.39 bits per heavy atom. The number of nitrogens with zero attached hydrogens (tertiary/aromatic N) is 2. The van der Waals surface area contributed by atoms with Gasteiger partial charge in [0.1, 0.15) is 5.75 Å². The summed E-state index contributed by atoms with van der Waals surface area (Å²) in [4.78, 5) is 28.8. The smallest absolute Gasteiger partial charge is 0.239 e. The zero-order chi connectivity index (χ0) is 16.6. The Hall–Kier alpha value is -2.04. The maximum Gasteiger partial charge on any atom is 0.239 e. The van der Waals surface area contributed by atoms with Crippen molar-refractivity contribution in [2.24, 2.45) is 0 Å². The first-order chi connectivity index (χ1) is 11.0. The number of likely N-dealkylation sites (N-methyl/N-ethyl adjacent to an activating group) is 1. The molecule has 124 valence electrons. The fraction of sp³-hybridized carbons (Fsp3) is 0.556. The van der Waals surface area contributed by atoms with E-state index in [-0.39, 0.29) is 11.8 Å². The number of hydrogen-bond donors (Lipinski definition) is 0. The predicted molar refractivity (Wildman–Crippen MR) is 88.8 cm³/mol. The Kier molecular flexibility index (Phi) is 4.04. The molecule has 2 amide bonds. The molecule has 0 bridgehead atoms. The maximum absolute atomic E-state index is 12.9. The second kappa shape index (κ2) is 5.87. The molecule has 23 heavy (non-hydrogen) atoms. The fourth-order valence-electron chi connectivity index (χ4n) is 3.77. The van der Waals surface area contributed by atoms with E-state index in [0.717, 1.165) is 29.8 Å². The predicted octanol–water partition coefficient (Wildman–Crippen LogP) is 2.33. The summed E-state index contributed by atoms with van der Waals surface area (Å²) in [6, 6.07) is 5.76. The molecule has 2 heterocycles. The summed E-state index contributed by atoms with van der Waals surface area (Å²) in [6.07, 6.45) is 3.17. The molecule has 1 atom stereocenters. The number of amides is 2. The lowest BCUT2D eigenvalue weighted by molar-refractivity contribution is -0.130. The maximum atomic E-state index is 12.9. The van der Waals surface area contributed by atoms with Gasteiger partial charge in [-0.15, -0.1) is 0 Å². The number of anilines is 1. The minimum Gasteiger partial charge on any atom is -0.497 e. The number of likely N-dealkylation sites (tertiary alicyclic amines) is 1. The van der Waals surface area contributed by atoms with Crippen molar-refractivity contribution in [1.82, 2.24) is 4.90 Å². The quantitative estimate of drug-likeness (QED) is 0.856. The highest BCUT2D eigenvalue weighted by Crippen LogP contribution is 2.48. The molecule has 0 saturated carbocycles. The van der Waals surface area contributed by atoms with E-state index in [9.17, 15) is 9.59 Å². The van der Waals surface area contributed by atoms with Crippen LogP contribution >= 0.6 is 0 Å². The molecule has 0 aromatic heterocycles. The van der Waals surface area contributed by atoms with Gasteiger partial charge in [0, 0.05) is 32.2 Å². The molecule has 5 heteroatoms. The third-order valence-corrected chi connectivity index (χ3v) is 5.16. The van der Waals surface area contributed by atoms with Crippen molar-refractivity contribution in [3.8, 4) is 5.75 Å². The lowest BCUT2D eigenvalue weighted by Crippen LogP contribution is -2.42. The number of fused-ring (bicyclic) bond motifs is 2. The lowest BCUT2D eigenvalue weighted by Gasteiger charge is -2.23. The summed E-state index contributed by atoms with van der Waals surface area (Å²) >= 11 is 0. The second-order valence-electron chi connectivity index (χ2n) is 6.50. The van der Waals surface area contributed by atoms with Crippen molar-refractivity contribution in [2.45, 2.75) is 38.0 Å². The van der Waals surface area contributed by atoms with E-state index in [1.54, 1.807) is 12.0 Å². The van der Waals surface area contributed by atoms with Crippen LogP contribution in [0.3, 0.4) is 0 Å². The zero-order valence-corrected chi connectivity index (χ0v) is 14.1.